The van der Waals surface area contributed by atoms with Crippen molar-refractivity contribution in [2.45, 2.75) is 50.2 Å². The smallest absolute Gasteiger partial charge is 0.275 e. The third-order valence-electron chi connectivity index (χ3n) is 6.39. The van der Waals surface area contributed by atoms with Crippen LogP contribution in [0.4, 0.5) is 5.82 Å². The van der Waals surface area contributed by atoms with Crippen molar-refractivity contribution in [2.75, 3.05) is 17.7 Å². The van der Waals surface area contributed by atoms with Crippen LogP contribution in [-0.2, 0) is 17.3 Å². The first-order valence-corrected chi connectivity index (χ1v) is 12.2. The molecule has 3 aliphatic rings. The molecule has 2 aromatic heterocycles. The maximum absolute atomic E-state index is 12.9. The van der Waals surface area contributed by atoms with Crippen LogP contribution >= 0.6 is 23.1 Å². The lowest BCUT2D eigenvalue weighted by Gasteiger charge is -2.44. The lowest BCUT2D eigenvalue weighted by Crippen LogP contribution is -2.49. The number of amides is 1. The summed E-state index contributed by atoms with van der Waals surface area (Å²) in [6, 6.07) is 1.90. The number of nitrogens with zero attached hydrogens (tertiary/aromatic N) is 4. The minimum absolute atomic E-state index is 0.197. The van der Waals surface area contributed by atoms with Gasteiger partial charge in [-0.2, -0.15) is 5.10 Å². The number of thiazole rings is 1. The summed E-state index contributed by atoms with van der Waals surface area (Å²) in [6.07, 6.45) is 4.66. The summed E-state index contributed by atoms with van der Waals surface area (Å²) in [5.41, 5.74) is 7.08. The summed E-state index contributed by atoms with van der Waals surface area (Å²) in [7, 11) is 1.81. The van der Waals surface area contributed by atoms with Gasteiger partial charge in [0, 0.05) is 30.0 Å². The van der Waals surface area contributed by atoms with E-state index in [-0.39, 0.29) is 12.0 Å². The Kier molecular flexibility index (Phi) is 5.11. The Balaban J connectivity index is 1.37. The van der Waals surface area contributed by atoms with E-state index in [9.17, 15) is 4.79 Å². The van der Waals surface area contributed by atoms with Crippen LogP contribution in [0.3, 0.4) is 0 Å². The number of aromatic nitrogens is 3. The molecular weight excluding hydrogens is 420 g/mol. The minimum atomic E-state index is -0.556. The molecule has 0 bridgehead atoms. The Morgan fingerprint density at radius 3 is 3.03 bits per heavy atom. The third kappa shape index (κ3) is 3.44. The SMILES string of the molecule is C[C@H]1C[C@H]2CSC(N)=NC2(c2nc(NC(=O)c3cc(C4CCC4)nn3C)cs2)CO1. The molecule has 3 N–H and O–H groups in total. The number of rotatable bonds is 4. The summed E-state index contributed by atoms with van der Waals surface area (Å²) in [6.45, 7) is 2.56. The first-order valence-electron chi connectivity index (χ1n) is 10.4. The fourth-order valence-corrected chi connectivity index (χ4v) is 6.37. The van der Waals surface area contributed by atoms with Gasteiger partial charge in [0.15, 0.2) is 5.17 Å². The van der Waals surface area contributed by atoms with Gasteiger partial charge in [-0.25, -0.2) is 9.98 Å². The zero-order valence-electron chi connectivity index (χ0n) is 17.1. The van der Waals surface area contributed by atoms with Crippen LogP contribution in [0.25, 0.3) is 0 Å². The quantitative estimate of drug-likeness (QED) is 0.747. The van der Waals surface area contributed by atoms with Gasteiger partial charge in [-0.15, -0.1) is 11.3 Å². The van der Waals surface area contributed by atoms with Gasteiger partial charge in [-0.1, -0.05) is 18.2 Å². The second kappa shape index (κ2) is 7.65. The van der Waals surface area contributed by atoms with E-state index in [0.717, 1.165) is 35.7 Å². The molecule has 8 nitrogen and oxygen atoms in total. The molecule has 0 spiro atoms. The zero-order chi connectivity index (χ0) is 20.9. The molecule has 1 aliphatic carbocycles. The maximum Gasteiger partial charge on any atom is 0.275 e. The number of hydrogen-bond donors (Lipinski definition) is 2. The number of nitrogens with one attached hydrogen (secondary N) is 1. The number of amidine groups is 1. The summed E-state index contributed by atoms with van der Waals surface area (Å²) in [4.78, 5) is 22.4. The van der Waals surface area contributed by atoms with E-state index in [1.54, 1.807) is 16.4 Å². The summed E-state index contributed by atoms with van der Waals surface area (Å²) in [5.74, 6) is 2.04. The standard InChI is InChI=1S/C20H26N6O2S2/c1-11-6-13-8-30-19(21)24-20(13,10-28-11)18-23-16(9-29-18)22-17(27)15-7-14(25-26(15)2)12-4-3-5-12/h7,9,11-13H,3-6,8,10H2,1-2H3,(H2,21,24)(H,22,27)/t11-,13-,20?/m0/s1. The van der Waals surface area contributed by atoms with Crippen molar-refractivity contribution in [1.82, 2.24) is 14.8 Å². The molecule has 1 amide bonds. The van der Waals surface area contributed by atoms with Crippen LogP contribution in [0.1, 0.15) is 59.7 Å². The van der Waals surface area contributed by atoms with E-state index >= 15 is 0 Å². The highest BCUT2D eigenvalue weighted by atomic mass is 32.2. The number of fused-ring (bicyclic) bond motifs is 1. The Bertz CT molecular complexity index is 997. The van der Waals surface area contributed by atoms with E-state index in [4.69, 9.17) is 20.4 Å². The van der Waals surface area contributed by atoms with Crippen molar-refractivity contribution in [3.05, 3.63) is 27.8 Å². The second-order valence-electron chi connectivity index (χ2n) is 8.44. The molecule has 160 valence electrons. The Morgan fingerprint density at radius 1 is 1.43 bits per heavy atom. The molecule has 0 radical (unpaired) electrons. The van der Waals surface area contributed by atoms with Gasteiger partial charge in [0.2, 0.25) is 0 Å². The molecule has 2 fully saturated rings. The summed E-state index contributed by atoms with van der Waals surface area (Å²) in [5, 5.41) is 10.7. The van der Waals surface area contributed by atoms with Gasteiger partial charge in [-0.05, 0) is 32.3 Å². The number of thioether (sulfide) groups is 1. The number of aryl methyl sites for hydroxylation is 1. The predicted molar refractivity (Wildman–Crippen MR) is 119 cm³/mol. The van der Waals surface area contributed by atoms with Gasteiger partial charge in [-0.3, -0.25) is 9.48 Å². The highest BCUT2D eigenvalue weighted by molar-refractivity contribution is 8.13. The van der Waals surface area contributed by atoms with Crippen LogP contribution < -0.4 is 11.1 Å². The minimum Gasteiger partial charge on any atom is -0.379 e. The highest BCUT2D eigenvalue weighted by Crippen LogP contribution is 2.47. The van der Waals surface area contributed by atoms with E-state index in [1.165, 1.54) is 17.8 Å². The number of hydrogen-bond acceptors (Lipinski definition) is 8. The third-order valence-corrected chi connectivity index (χ3v) is 8.36. The van der Waals surface area contributed by atoms with Gasteiger partial charge in [0.25, 0.3) is 5.91 Å². The van der Waals surface area contributed by atoms with Crippen molar-refractivity contribution in [3.63, 3.8) is 0 Å². The number of anilines is 1. The molecule has 4 heterocycles. The fourth-order valence-electron chi connectivity index (χ4n) is 4.40. The highest BCUT2D eigenvalue weighted by Gasteiger charge is 2.49. The predicted octanol–water partition coefficient (Wildman–Crippen LogP) is 3.08. The zero-order valence-corrected chi connectivity index (χ0v) is 18.8. The van der Waals surface area contributed by atoms with Gasteiger partial charge >= 0.3 is 0 Å². The molecule has 5 rings (SSSR count). The Labute approximate surface area is 183 Å². The monoisotopic (exact) mass is 446 g/mol. The average molecular weight is 447 g/mol. The topological polar surface area (TPSA) is 107 Å². The van der Waals surface area contributed by atoms with E-state index in [2.05, 4.69) is 17.3 Å². The van der Waals surface area contributed by atoms with Crippen molar-refractivity contribution in [1.29, 1.82) is 0 Å². The van der Waals surface area contributed by atoms with Crippen LogP contribution in [0.2, 0.25) is 0 Å². The second-order valence-corrected chi connectivity index (χ2v) is 10.3. The molecule has 0 aromatic carbocycles. The number of aliphatic imine (C=N–C) groups is 1. The van der Waals surface area contributed by atoms with Crippen LogP contribution in [0.5, 0.6) is 0 Å². The number of carbonyl (C=O) groups excluding carboxylic acids is 1. The normalized spacial score (nSPS) is 29.1. The van der Waals surface area contributed by atoms with Gasteiger partial charge in [0.05, 0.1) is 18.4 Å². The van der Waals surface area contributed by atoms with E-state index in [0.29, 0.717) is 35.1 Å². The molecule has 1 unspecified atom stereocenters. The van der Waals surface area contributed by atoms with E-state index in [1.807, 2.05) is 18.5 Å². The number of nitrogens with two attached hydrogens (primary N) is 1. The Morgan fingerprint density at radius 2 is 2.27 bits per heavy atom. The van der Waals surface area contributed by atoms with Gasteiger partial charge in [0.1, 0.15) is 22.1 Å². The van der Waals surface area contributed by atoms with Crippen molar-refractivity contribution >= 4 is 40.0 Å². The molecule has 1 saturated carbocycles. The molecular formula is C20H26N6O2S2. The average Bonchev–Trinajstić information content (AvgIpc) is 3.28. The largest absolute Gasteiger partial charge is 0.379 e. The first kappa shape index (κ1) is 20.0. The number of ether oxygens (including phenoxy) is 1. The fraction of sp³-hybridized carbons (Fsp3) is 0.600. The lowest BCUT2D eigenvalue weighted by molar-refractivity contribution is -0.0466. The molecule has 10 heteroatoms. The summed E-state index contributed by atoms with van der Waals surface area (Å²) >= 11 is 3.10. The van der Waals surface area contributed by atoms with Crippen molar-refractivity contribution in [2.24, 2.45) is 23.7 Å². The molecule has 30 heavy (non-hydrogen) atoms. The van der Waals surface area contributed by atoms with Crippen LogP contribution in [0.15, 0.2) is 16.4 Å². The first-order chi connectivity index (χ1) is 14.4. The molecule has 1 saturated heterocycles. The van der Waals surface area contributed by atoms with Crippen molar-refractivity contribution < 1.29 is 9.53 Å². The lowest BCUT2D eigenvalue weighted by atomic mass is 9.80. The Hall–Kier alpha value is -1.91. The summed E-state index contributed by atoms with van der Waals surface area (Å²) < 4.78 is 7.62. The number of carbonyl (C=O) groups is 1. The van der Waals surface area contributed by atoms with Gasteiger partial charge < -0.3 is 15.8 Å². The van der Waals surface area contributed by atoms with Crippen LogP contribution in [-0.4, -0.2) is 44.3 Å². The molecule has 2 aliphatic heterocycles. The molecule has 3 atom stereocenters. The van der Waals surface area contributed by atoms with Crippen LogP contribution in [0, 0.1) is 5.92 Å². The maximum atomic E-state index is 12.9. The van der Waals surface area contributed by atoms with Crippen molar-refractivity contribution in [3.8, 4) is 0 Å². The van der Waals surface area contributed by atoms with E-state index < -0.39 is 5.54 Å². The molecule has 2 aromatic rings.